The molecule has 7 nitrogen and oxygen atoms in total. The van der Waals surface area contributed by atoms with Gasteiger partial charge in [-0.05, 0) is 36.3 Å². The Morgan fingerprint density at radius 1 is 1.14 bits per heavy atom. The quantitative estimate of drug-likeness (QED) is 0.473. The van der Waals surface area contributed by atoms with E-state index in [1.165, 1.54) is 12.0 Å². The van der Waals surface area contributed by atoms with E-state index < -0.39 is 12.0 Å². The fourth-order valence-electron chi connectivity index (χ4n) is 2.74. The zero-order chi connectivity index (χ0) is 20.1. The fourth-order valence-corrected chi connectivity index (χ4v) is 2.74. The zero-order valence-corrected chi connectivity index (χ0v) is 15.6. The molecule has 1 aliphatic rings. The molecule has 2 aromatic carbocycles. The predicted octanol–water partition coefficient (Wildman–Crippen LogP) is 2.64. The first-order valence-corrected chi connectivity index (χ1v) is 8.66. The third-order valence-electron chi connectivity index (χ3n) is 4.16. The highest BCUT2D eigenvalue weighted by molar-refractivity contribution is 6.13. The molecule has 144 valence electrons. The predicted molar refractivity (Wildman–Crippen MR) is 102 cm³/mol. The summed E-state index contributed by atoms with van der Waals surface area (Å²) in [6.45, 7) is 1.99. The average Bonchev–Trinajstić information content (AvgIpc) is 2.94. The summed E-state index contributed by atoms with van der Waals surface area (Å²) in [5.41, 5.74) is 2.87. The van der Waals surface area contributed by atoms with Crippen molar-refractivity contribution in [1.82, 2.24) is 10.2 Å². The highest BCUT2D eigenvalue weighted by Crippen LogP contribution is 2.19. The van der Waals surface area contributed by atoms with E-state index in [-0.39, 0.29) is 24.8 Å². The largest absolute Gasteiger partial charge is 0.482 e. The van der Waals surface area contributed by atoms with E-state index in [4.69, 9.17) is 4.74 Å². The number of aryl methyl sites for hydroxylation is 1. The minimum absolute atomic E-state index is 0.181. The van der Waals surface area contributed by atoms with Crippen LogP contribution in [0.3, 0.4) is 0 Å². The van der Waals surface area contributed by atoms with E-state index in [1.54, 1.807) is 30.3 Å². The molecule has 3 rings (SSSR count). The van der Waals surface area contributed by atoms with Crippen LogP contribution in [0.2, 0.25) is 0 Å². The van der Waals surface area contributed by atoms with Crippen LogP contribution in [0, 0.1) is 6.92 Å². The van der Waals surface area contributed by atoms with E-state index in [0.29, 0.717) is 11.3 Å². The molecule has 1 saturated heterocycles. The first-order valence-electron chi connectivity index (χ1n) is 8.66. The Kier molecular flexibility index (Phi) is 5.74. The molecule has 0 aromatic heterocycles. The van der Waals surface area contributed by atoms with Crippen molar-refractivity contribution in [1.29, 1.82) is 0 Å². The molecule has 2 aromatic rings. The van der Waals surface area contributed by atoms with Gasteiger partial charge in [-0.25, -0.2) is 9.59 Å². The van der Waals surface area contributed by atoms with Crippen molar-refractivity contribution in [2.24, 2.45) is 0 Å². The van der Waals surface area contributed by atoms with E-state index in [9.17, 15) is 14.4 Å². The lowest BCUT2D eigenvalue weighted by Gasteiger charge is -2.12. The van der Waals surface area contributed by atoms with Crippen LogP contribution >= 0.6 is 0 Å². The second-order valence-corrected chi connectivity index (χ2v) is 6.30. The van der Waals surface area contributed by atoms with Crippen LogP contribution in [-0.4, -0.2) is 36.5 Å². The standard InChI is InChI=1S/C21H20N2O5/c1-14-4-3-5-16(10-14)12-23-20(25)18(22-21(23)26)11-15-6-8-17(9-7-15)28-13-19(24)27-2/h3-11H,12-13H2,1-2H3,(H,22,26)/b18-11+. The van der Waals surface area contributed by atoms with Gasteiger partial charge in [0.25, 0.3) is 5.91 Å². The molecular weight excluding hydrogens is 360 g/mol. The Labute approximate surface area is 162 Å². The maximum absolute atomic E-state index is 12.6. The monoisotopic (exact) mass is 380 g/mol. The van der Waals surface area contributed by atoms with Crippen molar-refractivity contribution in [2.45, 2.75) is 13.5 Å². The molecule has 1 aliphatic heterocycles. The molecule has 28 heavy (non-hydrogen) atoms. The first kappa shape index (κ1) is 19.2. The number of nitrogens with zero attached hydrogens (tertiary/aromatic N) is 1. The molecule has 0 atom stereocenters. The van der Waals surface area contributed by atoms with Gasteiger partial charge in [0.15, 0.2) is 6.61 Å². The number of nitrogens with one attached hydrogen (secondary N) is 1. The molecule has 7 heteroatoms. The smallest absolute Gasteiger partial charge is 0.343 e. The van der Waals surface area contributed by atoms with Crippen molar-refractivity contribution < 1.29 is 23.9 Å². The van der Waals surface area contributed by atoms with Crippen LogP contribution in [0.15, 0.2) is 54.2 Å². The lowest BCUT2D eigenvalue weighted by molar-refractivity contribution is -0.142. The number of benzene rings is 2. The van der Waals surface area contributed by atoms with Crippen LogP contribution in [0.1, 0.15) is 16.7 Å². The number of ether oxygens (including phenoxy) is 2. The number of carbonyl (C=O) groups is 3. The number of esters is 1. The minimum Gasteiger partial charge on any atom is -0.482 e. The molecule has 1 heterocycles. The molecule has 3 amide bonds. The van der Waals surface area contributed by atoms with Gasteiger partial charge in [0.2, 0.25) is 0 Å². The lowest BCUT2D eigenvalue weighted by Crippen LogP contribution is -2.30. The molecule has 1 N–H and O–H groups in total. The van der Waals surface area contributed by atoms with E-state index in [0.717, 1.165) is 11.1 Å². The molecule has 0 unspecified atom stereocenters. The Balaban J connectivity index is 1.68. The lowest BCUT2D eigenvalue weighted by atomic mass is 10.1. The molecule has 0 aliphatic carbocycles. The van der Waals surface area contributed by atoms with Crippen molar-refractivity contribution >= 4 is 24.0 Å². The number of methoxy groups -OCH3 is 1. The van der Waals surface area contributed by atoms with E-state index in [2.05, 4.69) is 10.1 Å². The fraction of sp³-hybridized carbons (Fsp3) is 0.190. The maximum Gasteiger partial charge on any atom is 0.343 e. The molecule has 0 bridgehead atoms. The highest BCUT2D eigenvalue weighted by atomic mass is 16.6. The summed E-state index contributed by atoms with van der Waals surface area (Å²) in [6, 6.07) is 14.0. The van der Waals surface area contributed by atoms with E-state index in [1.807, 2.05) is 31.2 Å². The highest BCUT2D eigenvalue weighted by Gasteiger charge is 2.33. The number of amides is 3. The summed E-state index contributed by atoms with van der Waals surface area (Å²) in [5, 5.41) is 2.61. The Morgan fingerprint density at radius 3 is 2.57 bits per heavy atom. The summed E-state index contributed by atoms with van der Waals surface area (Å²) in [5.74, 6) is -0.355. The summed E-state index contributed by atoms with van der Waals surface area (Å²) >= 11 is 0. The van der Waals surface area contributed by atoms with Crippen molar-refractivity contribution in [3.8, 4) is 5.75 Å². The topological polar surface area (TPSA) is 84.9 Å². The molecule has 1 fully saturated rings. The summed E-state index contributed by atoms with van der Waals surface area (Å²) in [6.07, 6.45) is 1.60. The van der Waals surface area contributed by atoms with Crippen LogP contribution in [-0.2, 0) is 20.9 Å². The van der Waals surface area contributed by atoms with Gasteiger partial charge < -0.3 is 14.8 Å². The minimum atomic E-state index is -0.473. The van der Waals surface area contributed by atoms with Crippen LogP contribution in [0.25, 0.3) is 6.08 Å². The van der Waals surface area contributed by atoms with E-state index >= 15 is 0 Å². The number of imide groups is 1. The molecule has 0 saturated carbocycles. The zero-order valence-electron chi connectivity index (χ0n) is 15.6. The van der Waals surface area contributed by atoms with Crippen molar-refractivity contribution in [3.05, 3.63) is 70.9 Å². The normalized spacial score (nSPS) is 14.9. The van der Waals surface area contributed by atoms with Gasteiger partial charge in [0.05, 0.1) is 13.7 Å². The van der Waals surface area contributed by atoms with Gasteiger partial charge in [0.1, 0.15) is 11.4 Å². The van der Waals surface area contributed by atoms with Crippen LogP contribution in [0.4, 0.5) is 4.79 Å². The number of carbonyl (C=O) groups excluding carboxylic acids is 3. The van der Waals surface area contributed by atoms with Crippen molar-refractivity contribution in [2.75, 3.05) is 13.7 Å². The van der Waals surface area contributed by atoms with Gasteiger partial charge in [-0.15, -0.1) is 0 Å². The Morgan fingerprint density at radius 2 is 1.89 bits per heavy atom. The number of hydrogen-bond donors (Lipinski definition) is 1. The summed E-state index contributed by atoms with van der Waals surface area (Å²) in [7, 11) is 1.29. The third-order valence-corrected chi connectivity index (χ3v) is 4.16. The SMILES string of the molecule is COC(=O)COc1ccc(/C=C2/NC(=O)N(Cc3cccc(C)c3)C2=O)cc1. The maximum atomic E-state index is 12.6. The molecule has 0 radical (unpaired) electrons. The van der Waals surface area contributed by atoms with Crippen molar-refractivity contribution in [3.63, 3.8) is 0 Å². The number of rotatable bonds is 6. The van der Waals surface area contributed by atoms with Crippen LogP contribution < -0.4 is 10.1 Å². The third kappa shape index (κ3) is 4.56. The first-order chi connectivity index (χ1) is 13.5. The second-order valence-electron chi connectivity index (χ2n) is 6.30. The summed E-state index contributed by atoms with van der Waals surface area (Å²) in [4.78, 5) is 37.0. The Hall–Kier alpha value is -3.61. The average molecular weight is 380 g/mol. The van der Waals surface area contributed by atoms with Gasteiger partial charge in [-0.1, -0.05) is 42.0 Å². The molecule has 0 spiro atoms. The Bertz CT molecular complexity index is 934. The number of urea groups is 1. The summed E-state index contributed by atoms with van der Waals surface area (Å²) < 4.78 is 9.78. The van der Waals surface area contributed by atoms with Gasteiger partial charge in [-0.3, -0.25) is 9.69 Å². The second kappa shape index (κ2) is 8.39. The molecular formula is C21H20N2O5. The van der Waals surface area contributed by atoms with Crippen LogP contribution in [0.5, 0.6) is 5.75 Å². The van der Waals surface area contributed by atoms with Gasteiger partial charge in [0, 0.05) is 0 Å². The number of hydrogen-bond acceptors (Lipinski definition) is 5. The van der Waals surface area contributed by atoms with Gasteiger partial charge >= 0.3 is 12.0 Å². The van der Waals surface area contributed by atoms with Gasteiger partial charge in [-0.2, -0.15) is 0 Å².